The lowest BCUT2D eigenvalue weighted by Crippen LogP contribution is -1.98. The van der Waals surface area contributed by atoms with Crippen LogP contribution in [0.2, 0.25) is 0 Å². The van der Waals surface area contributed by atoms with E-state index in [-0.39, 0.29) is 5.56 Å². The molecule has 0 radical (unpaired) electrons. The Morgan fingerprint density at radius 1 is 1.15 bits per heavy atom. The maximum Gasteiger partial charge on any atom is 0.336 e. The molecule has 0 saturated heterocycles. The molecule has 0 unspecified atom stereocenters. The van der Waals surface area contributed by atoms with E-state index in [4.69, 9.17) is 9.15 Å². The van der Waals surface area contributed by atoms with Crippen LogP contribution in [0.4, 0.5) is 0 Å². The number of hydrogen-bond donors (Lipinski definition) is 1. The second kappa shape index (κ2) is 4.74. The second-order valence-electron chi connectivity index (χ2n) is 4.34. The Morgan fingerprint density at radius 2 is 1.90 bits per heavy atom. The molecule has 4 heteroatoms. The summed E-state index contributed by atoms with van der Waals surface area (Å²) in [5, 5.41) is 9.91. The zero-order valence-corrected chi connectivity index (χ0v) is 10.8. The van der Waals surface area contributed by atoms with Crippen molar-refractivity contribution < 1.29 is 19.1 Å². The van der Waals surface area contributed by atoms with Crippen molar-refractivity contribution in [2.24, 2.45) is 0 Å². The van der Waals surface area contributed by atoms with E-state index in [0.717, 1.165) is 11.1 Å². The molecule has 0 aliphatic carbocycles. The lowest BCUT2D eigenvalue weighted by molar-refractivity contribution is 0.0699. The predicted molar refractivity (Wildman–Crippen MR) is 75.2 cm³/mol. The minimum Gasteiger partial charge on any atom is -0.493 e. The average molecular weight is 268 g/mol. The van der Waals surface area contributed by atoms with Crippen LogP contribution in [0.5, 0.6) is 5.75 Å². The van der Waals surface area contributed by atoms with Crippen LogP contribution in [-0.2, 0) is 0 Å². The first-order chi connectivity index (χ1) is 9.72. The standard InChI is InChI=1S/C16H12O4/c1-19-13-8-7-11(16(17)18)14-12(9-20-15(13)14)10-5-3-2-4-6-10/h2-9H,1H3,(H,17,18). The van der Waals surface area contributed by atoms with Gasteiger partial charge in [-0.15, -0.1) is 0 Å². The molecule has 0 aliphatic rings. The van der Waals surface area contributed by atoms with Crippen LogP contribution in [0.15, 0.2) is 53.1 Å². The highest BCUT2D eigenvalue weighted by molar-refractivity contribution is 6.10. The number of furan rings is 1. The van der Waals surface area contributed by atoms with E-state index in [1.54, 1.807) is 12.3 Å². The molecule has 3 aromatic rings. The van der Waals surface area contributed by atoms with E-state index in [1.165, 1.54) is 13.2 Å². The predicted octanol–water partition coefficient (Wildman–Crippen LogP) is 3.81. The zero-order chi connectivity index (χ0) is 14.1. The van der Waals surface area contributed by atoms with E-state index < -0.39 is 5.97 Å². The van der Waals surface area contributed by atoms with Gasteiger partial charge in [0.05, 0.1) is 18.9 Å². The number of aromatic carboxylic acids is 1. The van der Waals surface area contributed by atoms with Crippen molar-refractivity contribution in [3.05, 3.63) is 54.3 Å². The molecule has 1 aromatic heterocycles. The van der Waals surface area contributed by atoms with Gasteiger partial charge in [-0.1, -0.05) is 30.3 Å². The Kier molecular flexibility index (Phi) is 2.91. The summed E-state index contributed by atoms with van der Waals surface area (Å²) in [5.74, 6) is -0.469. The van der Waals surface area contributed by atoms with Crippen molar-refractivity contribution in [2.45, 2.75) is 0 Å². The van der Waals surface area contributed by atoms with Crippen molar-refractivity contribution in [3.8, 4) is 16.9 Å². The number of hydrogen-bond acceptors (Lipinski definition) is 3. The van der Waals surface area contributed by atoms with Gasteiger partial charge < -0.3 is 14.3 Å². The molecular formula is C16H12O4. The van der Waals surface area contributed by atoms with Crippen LogP contribution in [0.25, 0.3) is 22.1 Å². The minimum atomic E-state index is -0.990. The molecule has 0 aliphatic heterocycles. The van der Waals surface area contributed by atoms with Gasteiger partial charge in [-0.05, 0) is 17.7 Å². The fraction of sp³-hybridized carbons (Fsp3) is 0.0625. The van der Waals surface area contributed by atoms with Crippen molar-refractivity contribution in [1.29, 1.82) is 0 Å². The number of methoxy groups -OCH3 is 1. The minimum absolute atomic E-state index is 0.202. The highest BCUT2D eigenvalue weighted by Crippen LogP contribution is 2.37. The van der Waals surface area contributed by atoms with E-state index in [0.29, 0.717) is 16.7 Å². The summed E-state index contributed by atoms with van der Waals surface area (Å²) >= 11 is 0. The first kappa shape index (κ1) is 12.3. The summed E-state index contributed by atoms with van der Waals surface area (Å²) in [7, 11) is 1.53. The molecule has 0 bridgehead atoms. The SMILES string of the molecule is COc1ccc(C(=O)O)c2c(-c3ccccc3)coc12. The third kappa shape index (κ3) is 1.82. The molecular weight excluding hydrogens is 256 g/mol. The molecule has 0 amide bonds. The molecule has 100 valence electrons. The van der Waals surface area contributed by atoms with Crippen molar-refractivity contribution >= 4 is 16.9 Å². The fourth-order valence-electron chi connectivity index (χ4n) is 2.29. The van der Waals surface area contributed by atoms with Crippen LogP contribution in [0.3, 0.4) is 0 Å². The summed E-state index contributed by atoms with van der Waals surface area (Å²) in [4.78, 5) is 11.4. The van der Waals surface area contributed by atoms with Crippen molar-refractivity contribution in [3.63, 3.8) is 0 Å². The highest BCUT2D eigenvalue weighted by atomic mass is 16.5. The van der Waals surface area contributed by atoms with Gasteiger partial charge in [0.1, 0.15) is 0 Å². The Balaban J connectivity index is 2.37. The number of carbonyl (C=O) groups is 1. The van der Waals surface area contributed by atoms with Gasteiger partial charge in [0.25, 0.3) is 0 Å². The normalized spacial score (nSPS) is 10.7. The van der Waals surface area contributed by atoms with Gasteiger partial charge in [0.15, 0.2) is 11.3 Å². The average Bonchev–Trinajstić information content (AvgIpc) is 2.91. The van der Waals surface area contributed by atoms with Crippen LogP contribution in [0.1, 0.15) is 10.4 Å². The fourth-order valence-corrected chi connectivity index (χ4v) is 2.29. The maximum absolute atomic E-state index is 11.4. The summed E-state index contributed by atoms with van der Waals surface area (Å²) in [6.45, 7) is 0. The summed E-state index contributed by atoms with van der Waals surface area (Å²) in [5.41, 5.74) is 2.30. The van der Waals surface area contributed by atoms with E-state index in [2.05, 4.69) is 0 Å². The quantitative estimate of drug-likeness (QED) is 0.784. The van der Waals surface area contributed by atoms with Crippen LogP contribution in [-0.4, -0.2) is 18.2 Å². The molecule has 0 atom stereocenters. The number of carboxylic acids is 1. The topological polar surface area (TPSA) is 59.7 Å². The zero-order valence-electron chi connectivity index (χ0n) is 10.8. The number of ether oxygens (including phenoxy) is 1. The van der Waals surface area contributed by atoms with Gasteiger partial charge in [0, 0.05) is 10.9 Å². The van der Waals surface area contributed by atoms with E-state index in [9.17, 15) is 9.90 Å². The van der Waals surface area contributed by atoms with E-state index in [1.807, 2.05) is 30.3 Å². The summed E-state index contributed by atoms with van der Waals surface area (Å²) in [6.07, 6.45) is 1.56. The van der Waals surface area contributed by atoms with Crippen LogP contribution < -0.4 is 4.74 Å². The number of carboxylic acid groups (broad SMARTS) is 1. The molecule has 1 heterocycles. The van der Waals surface area contributed by atoms with Crippen LogP contribution >= 0.6 is 0 Å². The third-order valence-corrected chi connectivity index (χ3v) is 3.22. The lowest BCUT2D eigenvalue weighted by atomic mass is 10.0. The lowest BCUT2D eigenvalue weighted by Gasteiger charge is -2.05. The molecule has 4 nitrogen and oxygen atoms in total. The first-order valence-electron chi connectivity index (χ1n) is 6.09. The second-order valence-corrected chi connectivity index (χ2v) is 4.34. The molecule has 0 fully saturated rings. The van der Waals surface area contributed by atoms with Gasteiger partial charge in [-0.2, -0.15) is 0 Å². The summed E-state index contributed by atoms with van der Waals surface area (Å²) < 4.78 is 10.8. The first-order valence-corrected chi connectivity index (χ1v) is 6.09. The Bertz CT molecular complexity index is 772. The van der Waals surface area contributed by atoms with Gasteiger partial charge in [0.2, 0.25) is 0 Å². The molecule has 0 spiro atoms. The maximum atomic E-state index is 11.4. The smallest absolute Gasteiger partial charge is 0.336 e. The Labute approximate surface area is 115 Å². The van der Waals surface area contributed by atoms with Gasteiger partial charge >= 0.3 is 5.97 Å². The summed E-state index contributed by atoms with van der Waals surface area (Å²) in [6, 6.07) is 12.7. The van der Waals surface area contributed by atoms with Crippen LogP contribution in [0, 0.1) is 0 Å². The Morgan fingerprint density at radius 3 is 2.55 bits per heavy atom. The number of benzene rings is 2. The third-order valence-electron chi connectivity index (χ3n) is 3.22. The van der Waals surface area contributed by atoms with Crippen molar-refractivity contribution in [1.82, 2.24) is 0 Å². The van der Waals surface area contributed by atoms with Gasteiger partial charge in [-0.3, -0.25) is 0 Å². The van der Waals surface area contributed by atoms with E-state index >= 15 is 0 Å². The van der Waals surface area contributed by atoms with Gasteiger partial charge in [-0.25, -0.2) is 4.79 Å². The highest BCUT2D eigenvalue weighted by Gasteiger charge is 2.19. The largest absolute Gasteiger partial charge is 0.493 e. The molecule has 3 rings (SSSR count). The van der Waals surface area contributed by atoms with Crippen molar-refractivity contribution in [2.75, 3.05) is 7.11 Å². The monoisotopic (exact) mass is 268 g/mol. The molecule has 20 heavy (non-hydrogen) atoms. The number of rotatable bonds is 3. The molecule has 0 saturated carbocycles. The number of fused-ring (bicyclic) bond motifs is 1. The molecule has 2 aromatic carbocycles. The molecule has 1 N–H and O–H groups in total. The Hall–Kier alpha value is -2.75.